The van der Waals surface area contributed by atoms with Crippen molar-refractivity contribution in [1.29, 1.82) is 0 Å². The number of nitrogens with zero attached hydrogens (tertiary/aromatic N) is 6. The van der Waals surface area contributed by atoms with E-state index in [4.69, 9.17) is 23.1 Å². The molecule has 3 aromatic rings. The van der Waals surface area contributed by atoms with Crippen molar-refractivity contribution in [3.63, 3.8) is 0 Å². The number of aryl methyl sites for hydroxylation is 2. The predicted octanol–water partition coefficient (Wildman–Crippen LogP) is 4.52. The van der Waals surface area contributed by atoms with Gasteiger partial charge in [-0.3, -0.25) is 4.98 Å². The molecule has 13 heteroatoms. The van der Waals surface area contributed by atoms with Gasteiger partial charge in [-0.25, -0.2) is 9.98 Å². The van der Waals surface area contributed by atoms with Gasteiger partial charge in [0.1, 0.15) is 0 Å². The number of hydrogen-bond acceptors (Lipinski definition) is 8. The molecule has 3 aromatic heterocycles. The minimum Gasteiger partial charge on any atom is -0.405 e. The van der Waals surface area contributed by atoms with E-state index in [0.29, 0.717) is 11.4 Å². The van der Waals surface area contributed by atoms with Crippen LogP contribution >= 0.6 is 11.6 Å². The highest BCUT2D eigenvalue weighted by molar-refractivity contribution is 6.32. The third-order valence-electron chi connectivity index (χ3n) is 4.68. The normalized spacial score (nSPS) is 12.6. The summed E-state index contributed by atoms with van der Waals surface area (Å²) in [6.07, 6.45) is 1.27. The second kappa shape index (κ2) is 10.9. The van der Waals surface area contributed by atoms with Crippen LogP contribution < -0.4 is 16.8 Å². The molecule has 3 rings (SSSR count). The van der Waals surface area contributed by atoms with Gasteiger partial charge < -0.3 is 16.8 Å². The lowest BCUT2D eigenvalue weighted by molar-refractivity contribution is -0.0580. The van der Waals surface area contributed by atoms with E-state index in [1.165, 1.54) is 41.5 Å². The van der Waals surface area contributed by atoms with E-state index in [9.17, 15) is 13.2 Å². The van der Waals surface area contributed by atoms with E-state index in [0.717, 1.165) is 12.4 Å². The number of halogens is 4. The van der Waals surface area contributed by atoms with Gasteiger partial charge in [0.05, 0.1) is 51.4 Å². The minimum atomic E-state index is -4.90. The van der Waals surface area contributed by atoms with Crippen molar-refractivity contribution in [2.75, 3.05) is 5.32 Å². The van der Waals surface area contributed by atoms with Gasteiger partial charge in [-0.05, 0) is 44.3 Å². The number of hydrogen-bond donors (Lipinski definition) is 3. The SMILES string of the molecule is C=C=C(Nc1cc(Cl)c(-n2nccn2)nc1C)C(=CN)C(=Nc1ccc(C)nc1C=CN)C(F)(F)F. The molecule has 0 aromatic carbocycles. The number of allylic oxidation sites excluding steroid dienone is 1. The number of nitrogens with two attached hydrogens (primary N) is 2. The molecule has 36 heavy (non-hydrogen) atoms. The molecule has 0 amide bonds. The van der Waals surface area contributed by atoms with Crippen molar-refractivity contribution in [3.05, 3.63) is 88.7 Å². The Bertz CT molecular complexity index is 1400. The van der Waals surface area contributed by atoms with Crippen LogP contribution in [0, 0.1) is 13.8 Å². The molecule has 0 aliphatic rings. The number of rotatable bonds is 7. The third-order valence-corrected chi connectivity index (χ3v) is 4.96. The van der Waals surface area contributed by atoms with Gasteiger partial charge in [-0.15, -0.1) is 10.5 Å². The summed E-state index contributed by atoms with van der Waals surface area (Å²) >= 11 is 6.32. The molecule has 0 fully saturated rings. The standard InChI is InChI=1S/C23H21ClF3N9/c1-4-17(34-20-11-16(24)22(33-14(20)3)36-30-9-10-31-36)15(12-29)21(23(25,26)27)35-18-6-5-13(2)32-19(18)7-8-28/h5-12,34H,1,28-29H2,2-3H3. The molecule has 0 saturated heterocycles. The molecule has 0 radical (unpaired) electrons. The van der Waals surface area contributed by atoms with E-state index in [1.807, 2.05) is 0 Å². The topological polar surface area (TPSA) is 133 Å². The summed E-state index contributed by atoms with van der Waals surface area (Å²) in [5, 5.41) is 10.9. The monoisotopic (exact) mass is 515 g/mol. The molecule has 0 atom stereocenters. The number of alkyl halides is 3. The zero-order chi connectivity index (χ0) is 26.5. The second-order valence-corrected chi connectivity index (χ2v) is 7.58. The van der Waals surface area contributed by atoms with Gasteiger partial charge in [-0.1, -0.05) is 18.2 Å². The van der Waals surface area contributed by atoms with E-state index in [2.05, 4.69) is 42.8 Å². The van der Waals surface area contributed by atoms with Crippen LogP contribution in [-0.2, 0) is 0 Å². The molecule has 0 aliphatic carbocycles. The van der Waals surface area contributed by atoms with Gasteiger partial charge in [0, 0.05) is 11.9 Å². The smallest absolute Gasteiger partial charge is 0.405 e. The lowest BCUT2D eigenvalue weighted by Crippen LogP contribution is -2.28. The first-order valence-electron chi connectivity index (χ1n) is 10.2. The van der Waals surface area contributed by atoms with Crippen LogP contribution in [0.3, 0.4) is 0 Å². The maximum Gasteiger partial charge on any atom is 0.434 e. The maximum absolute atomic E-state index is 14.2. The van der Waals surface area contributed by atoms with Gasteiger partial charge in [0.15, 0.2) is 11.5 Å². The van der Waals surface area contributed by atoms with Crippen molar-refractivity contribution in [2.24, 2.45) is 16.5 Å². The lowest BCUT2D eigenvalue weighted by Gasteiger charge is -2.18. The first-order valence-corrected chi connectivity index (χ1v) is 10.6. The second-order valence-electron chi connectivity index (χ2n) is 7.18. The van der Waals surface area contributed by atoms with Crippen LogP contribution in [0.15, 0.2) is 71.6 Å². The van der Waals surface area contributed by atoms with Crippen molar-refractivity contribution in [2.45, 2.75) is 20.0 Å². The van der Waals surface area contributed by atoms with Crippen molar-refractivity contribution in [1.82, 2.24) is 25.0 Å². The molecular weight excluding hydrogens is 495 g/mol. The molecule has 3 heterocycles. The lowest BCUT2D eigenvalue weighted by atomic mass is 10.1. The Morgan fingerprint density at radius 1 is 1.19 bits per heavy atom. The third kappa shape index (κ3) is 5.80. The molecule has 9 nitrogen and oxygen atoms in total. The average Bonchev–Trinajstić information content (AvgIpc) is 3.35. The van der Waals surface area contributed by atoms with Gasteiger partial charge in [-0.2, -0.15) is 23.4 Å². The van der Waals surface area contributed by atoms with Crippen molar-refractivity contribution in [3.8, 4) is 5.82 Å². The van der Waals surface area contributed by atoms with Gasteiger partial charge in [0.25, 0.3) is 0 Å². The Hall–Kier alpha value is -4.41. The van der Waals surface area contributed by atoms with Crippen LogP contribution in [0.1, 0.15) is 17.1 Å². The molecule has 186 valence electrons. The quantitative estimate of drug-likeness (QED) is 0.239. The van der Waals surface area contributed by atoms with Gasteiger partial charge >= 0.3 is 6.18 Å². The highest BCUT2D eigenvalue weighted by Crippen LogP contribution is 2.32. The molecule has 0 spiro atoms. The first kappa shape index (κ1) is 26.2. The zero-order valence-electron chi connectivity index (χ0n) is 19.2. The Labute approximate surface area is 209 Å². The van der Waals surface area contributed by atoms with Gasteiger partial charge in [0.2, 0.25) is 0 Å². The summed E-state index contributed by atoms with van der Waals surface area (Å²) in [6, 6.07) is 4.40. The zero-order valence-corrected chi connectivity index (χ0v) is 19.9. The van der Waals surface area contributed by atoms with Crippen LogP contribution in [0.4, 0.5) is 24.5 Å². The molecular formula is C23H21ClF3N9. The van der Waals surface area contributed by atoms with E-state index < -0.39 is 17.5 Å². The molecule has 0 aliphatic heterocycles. The molecule has 0 saturated carbocycles. The summed E-state index contributed by atoms with van der Waals surface area (Å²) in [5.41, 5.74) is 12.9. The average molecular weight is 516 g/mol. The predicted molar refractivity (Wildman–Crippen MR) is 133 cm³/mol. The number of aromatic nitrogens is 5. The first-order chi connectivity index (χ1) is 17.1. The highest BCUT2D eigenvalue weighted by atomic mass is 35.5. The Morgan fingerprint density at radius 2 is 1.89 bits per heavy atom. The summed E-state index contributed by atoms with van der Waals surface area (Å²) in [4.78, 5) is 13.6. The largest absolute Gasteiger partial charge is 0.434 e. The molecule has 0 bridgehead atoms. The summed E-state index contributed by atoms with van der Waals surface area (Å²) in [7, 11) is 0. The van der Waals surface area contributed by atoms with Crippen LogP contribution in [0.5, 0.6) is 0 Å². The van der Waals surface area contributed by atoms with E-state index >= 15 is 0 Å². The summed E-state index contributed by atoms with van der Waals surface area (Å²) in [6.45, 7) is 6.82. The van der Waals surface area contributed by atoms with Crippen molar-refractivity contribution < 1.29 is 13.2 Å². The Kier molecular flexibility index (Phi) is 7.93. The van der Waals surface area contributed by atoms with E-state index in [1.54, 1.807) is 13.8 Å². The molecule has 0 unspecified atom stereocenters. The number of aliphatic imine (C=N–C) groups is 1. The van der Waals surface area contributed by atoms with Crippen LogP contribution in [-0.4, -0.2) is 36.8 Å². The Morgan fingerprint density at radius 3 is 2.47 bits per heavy atom. The molecule has 5 N–H and O–H groups in total. The maximum atomic E-state index is 14.2. The fraction of sp³-hybridized carbons (Fsp3) is 0.130. The number of anilines is 1. The number of pyridine rings is 2. The highest BCUT2D eigenvalue weighted by Gasteiger charge is 2.39. The van der Waals surface area contributed by atoms with Crippen LogP contribution in [0.2, 0.25) is 5.02 Å². The van der Waals surface area contributed by atoms with Crippen LogP contribution in [0.25, 0.3) is 11.9 Å². The van der Waals surface area contributed by atoms with Crippen molar-refractivity contribution >= 4 is 34.8 Å². The summed E-state index contributed by atoms with van der Waals surface area (Å²) < 4.78 is 42.6. The van der Waals surface area contributed by atoms with E-state index in [-0.39, 0.29) is 33.6 Å². The minimum absolute atomic E-state index is 0.0608. The fourth-order valence-corrected chi connectivity index (χ4v) is 3.28. The fourth-order valence-electron chi connectivity index (χ4n) is 3.06. The Balaban J connectivity index is 2.07. The summed E-state index contributed by atoms with van der Waals surface area (Å²) in [5.74, 6) is 0.244. The number of nitrogens with one attached hydrogen (secondary N) is 1.